The van der Waals surface area contributed by atoms with Gasteiger partial charge in [0.25, 0.3) is 0 Å². The Morgan fingerprint density at radius 1 is 1.56 bits per heavy atom. The van der Waals surface area contributed by atoms with E-state index in [1.807, 2.05) is 6.92 Å². The summed E-state index contributed by atoms with van der Waals surface area (Å²) < 4.78 is 5.78. The number of hydrogen-bond donors (Lipinski definition) is 2. The summed E-state index contributed by atoms with van der Waals surface area (Å²) in [4.78, 5) is 4.28. The van der Waals surface area contributed by atoms with Crippen LogP contribution in [-0.2, 0) is 4.74 Å². The fraction of sp³-hybridized carbons (Fsp3) is 0.750. The zero-order valence-electron chi connectivity index (χ0n) is 9.70. The lowest BCUT2D eigenvalue weighted by molar-refractivity contribution is 0.0992. The molecular weight excluding hydrogens is 202 g/mol. The van der Waals surface area contributed by atoms with Crippen LogP contribution in [-0.4, -0.2) is 37.3 Å². The van der Waals surface area contributed by atoms with Crippen LogP contribution in [0.5, 0.6) is 0 Å². The number of nitrogens with one attached hydrogen (secondary N) is 2. The van der Waals surface area contributed by atoms with Crippen LogP contribution in [0.4, 0.5) is 0 Å². The molecule has 2 N–H and O–H groups in total. The van der Waals surface area contributed by atoms with Crippen LogP contribution in [0.3, 0.4) is 0 Å². The quantitative estimate of drug-likeness (QED) is 0.414. The van der Waals surface area contributed by atoms with Gasteiger partial charge >= 0.3 is 0 Å². The largest absolute Gasteiger partial charge is 0.373 e. The summed E-state index contributed by atoms with van der Waals surface area (Å²) in [5.41, 5.74) is 0. The number of nitrogens with zero attached hydrogens (tertiary/aromatic N) is 1. The average molecular weight is 221 g/mol. The first-order valence-corrected chi connectivity index (χ1v) is 5.97. The van der Waals surface area contributed by atoms with Crippen LogP contribution in [0.2, 0.25) is 0 Å². The first-order chi connectivity index (χ1) is 7.83. The Kier molecular flexibility index (Phi) is 3.68. The van der Waals surface area contributed by atoms with E-state index < -0.39 is 0 Å². The van der Waals surface area contributed by atoms with E-state index in [-0.39, 0.29) is 0 Å². The minimum atomic E-state index is 0.361. The summed E-state index contributed by atoms with van der Waals surface area (Å²) in [5, 5.41) is 6.59. The zero-order chi connectivity index (χ0) is 11.4. The minimum absolute atomic E-state index is 0.361. The Bertz CT molecular complexity index is 308. The first-order valence-electron chi connectivity index (χ1n) is 5.97. The van der Waals surface area contributed by atoms with Crippen LogP contribution < -0.4 is 10.6 Å². The maximum atomic E-state index is 5.78. The predicted octanol–water partition coefficient (Wildman–Crippen LogP) is 0.495. The summed E-state index contributed by atoms with van der Waals surface area (Å²) >= 11 is 0. The number of fused-ring (bicyclic) bond motifs is 2. The zero-order valence-corrected chi connectivity index (χ0v) is 9.70. The summed E-state index contributed by atoms with van der Waals surface area (Å²) in [6, 6.07) is 0.398. The second-order valence-corrected chi connectivity index (χ2v) is 4.26. The van der Waals surface area contributed by atoms with Crippen molar-refractivity contribution < 1.29 is 4.74 Å². The van der Waals surface area contributed by atoms with Crippen molar-refractivity contribution in [3.63, 3.8) is 0 Å². The molecule has 2 heterocycles. The van der Waals surface area contributed by atoms with Gasteiger partial charge in [-0.05, 0) is 26.2 Å². The SMILES string of the molecule is C#CCN=C(NCC)N[C@H]1C[C@H]2CC[C@H]1O2. The van der Waals surface area contributed by atoms with Crippen LogP contribution in [0.1, 0.15) is 26.2 Å². The number of terminal acetylenes is 1. The molecule has 4 heteroatoms. The molecule has 2 saturated heterocycles. The smallest absolute Gasteiger partial charge is 0.192 e. The van der Waals surface area contributed by atoms with Crippen molar-refractivity contribution in [2.45, 2.75) is 44.4 Å². The van der Waals surface area contributed by atoms with Crippen molar-refractivity contribution in [3.05, 3.63) is 0 Å². The van der Waals surface area contributed by atoms with E-state index in [1.165, 1.54) is 6.42 Å². The van der Waals surface area contributed by atoms with E-state index in [9.17, 15) is 0 Å². The van der Waals surface area contributed by atoms with Crippen LogP contribution >= 0.6 is 0 Å². The van der Waals surface area contributed by atoms with E-state index in [0.717, 1.165) is 25.3 Å². The van der Waals surface area contributed by atoms with Crippen molar-refractivity contribution in [2.24, 2.45) is 4.99 Å². The maximum Gasteiger partial charge on any atom is 0.192 e. The van der Waals surface area contributed by atoms with Gasteiger partial charge in [-0.25, -0.2) is 4.99 Å². The third kappa shape index (κ3) is 2.48. The third-order valence-corrected chi connectivity index (χ3v) is 3.10. The molecule has 0 aromatic rings. The Morgan fingerprint density at radius 3 is 3.00 bits per heavy atom. The highest BCUT2D eigenvalue weighted by Crippen LogP contribution is 2.34. The topological polar surface area (TPSA) is 45.7 Å². The molecule has 2 aliphatic rings. The second kappa shape index (κ2) is 5.22. The second-order valence-electron chi connectivity index (χ2n) is 4.26. The van der Waals surface area contributed by atoms with Crippen LogP contribution in [0, 0.1) is 12.3 Å². The lowest BCUT2D eigenvalue weighted by atomic mass is 9.96. The van der Waals surface area contributed by atoms with Crippen molar-refractivity contribution >= 4 is 5.96 Å². The summed E-state index contributed by atoms with van der Waals surface area (Å²) in [6.07, 6.45) is 9.48. The highest BCUT2D eigenvalue weighted by atomic mass is 16.5. The summed E-state index contributed by atoms with van der Waals surface area (Å²) in [5.74, 6) is 3.32. The van der Waals surface area contributed by atoms with Gasteiger partial charge in [0.2, 0.25) is 0 Å². The predicted molar refractivity (Wildman–Crippen MR) is 64.2 cm³/mol. The molecule has 2 bridgehead atoms. The van der Waals surface area contributed by atoms with Gasteiger partial charge < -0.3 is 15.4 Å². The Labute approximate surface area is 96.8 Å². The van der Waals surface area contributed by atoms with Gasteiger partial charge in [-0.15, -0.1) is 6.42 Å². The fourth-order valence-electron chi connectivity index (χ4n) is 2.41. The first kappa shape index (κ1) is 11.3. The average Bonchev–Trinajstić information content (AvgIpc) is 2.88. The van der Waals surface area contributed by atoms with Gasteiger partial charge in [-0.2, -0.15) is 0 Å². The number of guanidine groups is 1. The van der Waals surface area contributed by atoms with Crippen LogP contribution in [0.15, 0.2) is 4.99 Å². The van der Waals surface area contributed by atoms with E-state index in [2.05, 4.69) is 21.5 Å². The molecule has 4 nitrogen and oxygen atoms in total. The summed E-state index contributed by atoms with van der Waals surface area (Å²) in [6.45, 7) is 3.31. The number of rotatable bonds is 3. The van der Waals surface area contributed by atoms with E-state index in [1.54, 1.807) is 0 Å². The van der Waals surface area contributed by atoms with Gasteiger partial charge in [0.15, 0.2) is 5.96 Å². The standard InChI is InChI=1S/C12H19N3O/c1-3-7-14-12(13-4-2)15-10-8-9-5-6-11(10)16-9/h1,9-11H,4-8H2,2H3,(H2,13,14,15)/t9-,10+,11-/m1/s1. The monoisotopic (exact) mass is 221 g/mol. The molecule has 0 unspecified atom stereocenters. The molecule has 0 aromatic heterocycles. The normalized spacial score (nSPS) is 32.5. The molecule has 16 heavy (non-hydrogen) atoms. The van der Waals surface area contributed by atoms with E-state index in [0.29, 0.717) is 24.8 Å². The molecule has 0 aromatic carbocycles. The van der Waals surface area contributed by atoms with Gasteiger partial charge in [0.1, 0.15) is 6.54 Å². The molecule has 0 radical (unpaired) electrons. The minimum Gasteiger partial charge on any atom is -0.373 e. The van der Waals surface area contributed by atoms with Crippen molar-refractivity contribution in [1.82, 2.24) is 10.6 Å². The van der Waals surface area contributed by atoms with Crippen molar-refractivity contribution in [1.29, 1.82) is 0 Å². The molecule has 0 saturated carbocycles. The fourth-order valence-corrected chi connectivity index (χ4v) is 2.41. The molecule has 0 aliphatic carbocycles. The maximum absolute atomic E-state index is 5.78. The Hall–Kier alpha value is -1.21. The van der Waals surface area contributed by atoms with Gasteiger partial charge in [0, 0.05) is 6.54 Å². The molecule has 88 valence electrons. The number of ether oxygens (including phenoxy) is 1. The molecule has 2 aliphatic heterocycles. The number of aliphatic imine (C=N–C) groups is 1. The van der Waals surface area contributed by atoms with E-state index in [4.69, 9.17) is 11.2 Å². The molecule has 3 atom stereocenters. The molecule has 0 amide bonds. The summed E-state index contributed by atoms with van der Waals surface area (Å²) in [7, 11) is 0. The lowest BCUT2D eigenvalue weighted by Crippen LogP contribution is -2.47. The molecule has 2 fully saturated rings. The third-order valence-electron chi connectivity index (χ3n) is 3.10. The van der Waals surface area contributed by atoms with Gasteiger partial charge in [-0.3, -0.25) is 0 Å². The van der Waals surface area contributed by atoms with Gasteiger partial charge in [0.05, 0.1) is 18.2 Å². The highest BCUT2D eigenvalue weighted by molar-refractivity contribution is 5.80. The van der Waals surface area contributed by atoms with Crippen LogP contribution in [0.25, 0.3) is 0 Å². The Morgan fingerprint density at radius 2 is 2.44 bits per heavy atom. The van der Waals surface area contributed by atoms with E-state index >= 15 is 0 Å². The molecule has 2 rings (SSSR count). The Balaban J connectivity index is 1.88. The molecular formula is C12H19N3O. The van der Waals surface area contributed by atoms with Crippen molar-refractivity contribution in [2.75, 3.05) is 13.1 Å². The lowest BCUT2D eigenvalue weighted by Gasteiger charge is -2.22. The van der Waals surface area contributed by atoms with Gasteiger partial charge in [-0.1, -0.05) is 5.92 Å². The van der Waals surface area contributed by atoms with Crippen molar-refractivity contribution in [3.8, 4) is 12.3 Å². The highest BCUT2D eigenvalue weighted by Gasteiger charge is 2.40. The molecule has 0 spiro atoms. The number of hydrogen-bond acceptors (Lipinski definition) is 2.